The van der Waals surface area contributed by atoms with Gasteiger partial charge in [0.25, 0.3) is 5.91 Å². The molecular weight excluding hydrogens is 262 g/mol. The summed E-state index contributed by atoms with van der Waals surface area (Å²) in [7, 11) is 0. The zero-order valence-electron chi connectivity index (χ0n) is 13.0. The molecule has 0 spiro atoms. The van der Waals surface area contributed by atoms with Gasteiger partial charge in [0.15, 0.2) is 0 Å². The zero-order chi connectivity index (χ0) is 15.2. The van der Waals surface area contributed by atoms with Crippen molar-refractivity contribution >= 4 is 5.91 Å². The molecule has 0 aliphatic heterocycles. The maximum absolute atomic E-state index is 12.4. The van der Waals surface area contributed by atoms with Crippen molar-refractivity contribution in [2.75, 3.05) is 0 Å². The lowest BCUT2D eigenvalue weighted by Gasteiger charge is -2.18. The van der Waals surface area contributed by atoms with Crippen LogP contribution in [0, 0.1) is 6.92 Å². The molecule has 0 aliphatic carbocycles. The summed E-state index contributed by atoms with van der Waals surface area (Å²) in [6.07, 6.45) is 3.49. The van der Waals surface area contributed by atoms with Crippen molar-refractivity contribution in [3.05, 3.63) is 53.3 Å². The Morgan fingerprint density at radius 3 is 2.57 bits per heavy atom. The SMILES string of the molecule is CCCn1nccc1C(=O)N[C@H](CC)c1ccc(C)cc1. The third-order valence-electron chi connectivity index (χ3n) is 3.58. The predicted molar refractivity (Wildman–Crippen MR) is 84.2 cm³/mol. The van der Waals surface area contributed by atoms with E-state index in [1.54, 1.807) is 16.9 Å². The first-order valence-electron chi connectivity index (χ1n) is 7.55. The number of carbonyl (C=O) groups is 1. The van der Waals surface area contributed by atoms with E-state index >= 15 is 0 Å². The summed E-state index contributed by atoms with van der Waals surface area (Å²) >= 11 is 0. The van der Waals surface area contributed by atoms with Crippen LogP contribution in [0.15, 0.2) is 36.5 Å². The van der Waals surface area contributed by atoms with Gasteiger partial charge in [-0.05, 0) is 31.4 Å². The monoisotopic (exact) mass is 285 g/mol. The highest BCUT2D eigenvalue weighted by molar-refractivity contribution is 5.92. The van der Waals surface area contributed by atoms with Crippen LogP contribution in [0.3, 0.4) is 0 Å². The lowest BCUT2D eigenvalue weighted by atomic mass is 10.0. The summed E-state index contributed by atoms with van der Waals surface area (Å²) in [5, 5.41) is 7.30. The normalized spacial score (nSPS) is 12.1. The van der Waals surface area contributed by atoms with E-state index in [0.29, 0.717) is 5.69 Å². The van der Waals surface area contributed by atoms with Gasteiger partial charge in [0.2, 0.25) is 0 Å². The minimum atomic E-state index is -0.0617. The van der Waals surface area contributed by atoms with Crippen LogP contribution in [0.4, 0.5) is 0 Å². The number of benzene rings is 1. The highest BCUT2D eigenvalue weighted by atomic mass is 16.2. The molecule has 0 saturated carbocycles. The Hall–Kier alpha value is -2.10. The molecule has 112 valence electrons. The summed E-state index contributed by atoms with van der Waals surface area (Å²) in [5.74, 6) is -0.0617. The molecule has 0 saturated heterocycles. The molecule has 1 aromatic carbocycles. The Morgan fingerprint density at radius 2 is 1.95 bits per heavy atom. The van der Waals surface area contributed by atoms with E-state index in [-0.39, 0.29) is 11.9 Å². The molecule has 1 atom stereocenters. The van der Waals surface area contributed by atoms with E-state index in [1.165, 1.54) is 5.56 Å². The van der Waals surface area contributed by atoms with Crippen molar-refractivity contribution in [1.82, 2.24) is 15.1 Å². The van der Waals surface area contributed by atoms with Crippen LogP contribution in [0.2, 0.25) is 0 Å². The van der Waals surface area contributed by atoms with Crippen molar-refractivity contribution in [1.29, 1.82) is 0 Å². The minimum Gasteiger partial charge on any atom is -0.344 e. The summed E-state index contributed by atoms with van der Waals surface area (Å²) in [6, 6.07) is 10.1. The molecule has 1 N–H and O–H groups in total. The molecule has 1 aromatic heterocycles. The number of hydrogen-bond donors (Lipinski definition) is 1. The molecule has 0 unspecified atom stereocenters. The van der Waals surface area contributed by atoms with Crippen molar-refractivity contribution < 1.29 is 4.79 Å². The Morgan fingerprint density at radius 1 is 1.24 bits per heavy atom. The largest absolute Gasteiger partial charge is 0.344 e. The van der Waals surface area contributed by atoms with Gasteiger partial charge in [-0.3, -0.25) is 9.48 Å². The van der Waals surface area contributed by atoms with Crippen LogP contribution < -0.4 is 5.32 Å². The second-order valence-electron chi connectivity index (χ2n) is 5.28. The molecule has 4 nitrogen and oxygen atoms in total. The van der Waals surface area contributed by atoms with Gasteiger partial charge in [-0.1, -0.05) is 43.7 Å². The van der Waals surface area contributed by atoms with Crippen molar-refractivity contribution in [3.63, 3.8) is 0 Å². The smallest absolute Gasteiger partial charge is 0.270 e. The van der Waals surface area contributed by atoms with Gasteiger partial charge in [0.1, 0.15) is 5.69 Å². The zero-order valence-corrected chi connectivity index (χ0v) is 13.0. The molecule has 0 aliphatic rings. The number of rotatable bonds is 6. The van der Waals surface area contributed by atoms with Gasteiger partial charge in [-0.25, -0.2) is 0 Å². The first-order chi connectivity index (χ1) is 10.2. The fourth-order valence-electron chi connectivity index (χ4n) is 2.37. The lowest BCUT2D eigenvalue weighted by Crippen LogP contribution is -2.30. The first-order valence-corrected chi connectivity index (χ1v) is 7.55. The van der Waals surface area contributed by atoms with Gasteiger partial charge in [-0.2, -0.15) is 5.10 Å². The lowest BCUT2D eigenvalue weighted by molar-refractivity contribution is 0.0924. The van der Waals surface area contributed by atoms with Gasteiger partial charge in [0.05, 0.1) is 6.04 Å². The van der Waals surface area contributed by atoms with E-state index in [2.05, 4.69) is 55.5 Å². The molecule has 1 amide bonds. The predicted octanol–water partition coefficient (Wildman–Crippen LogP) is 3.48. The van der Waals surface area contributed by atoms with Crippen molar-refractivity contribution in [3.8, 4) is 0 Å². The Balaban J connectivity index is 2.12. The van der Waals surface area contributed by atoms with E-state index in [0.717, 1.165) is 24.9 Å². The van der Waals surface area contributed by atoms with Crippen molar-refractivity contribution in [2.45, 2.75) is 46.2 Å². The van der Waals surface area contributed by atoms with Crippen molar-refractivity contribution in [2.24, 2.45) is 0 Å². The van der Waals surface area contributed by atoms with Crippen LogP contribution in [0.1, 0.15) is 54.3 Å². The average Bonchev–Trinajstić information content (AvgIpc) is 2.94. The van der Waals surface area contributed by atoms with E-state index < -0.39 is 0 Å². The van der Waals surface area contributed by atoms with Gasteiger partial charge < -0.3 is 5.32 Å². The average molecular weight is 285 g/mol. The molecule has 1 heterocycles. The van der Waals surface area contributed by atoms with Crippen LogP contribution in [-0.4, -0.2) is 15.7 Å². The Bertz CT molecular complexity index is 586. The fourth-order valence-corrected chi connectivity index (χ4v) is 2.37. The molecule has 0 radical (unpaired) electrons. The Labute approximate surface area is 126 Å². The maximum atomic E-state index is 12.4. The number of hydrogen-bond acceptors (Lipinski definition) is 2. The summed E-state index contributed by atoms with van der Waals surface area (Å²) in [4.78, 5) is 12.4. The molecule has 0 fully saturated rings. The molecule has 2 aromatic rings. The molecule has 2 rings (SSSR count). The third kappa shape index (κ3) is 3.72. The standard InChI is InChI=1S/C17H23N3O/c1-4-12-20-16(10-11-18-20)17(21)19-15(5-2)14-8-6-13(3)7-9-14/h6-11,15H,4-5,12H2,1-3H3,(H,19,21)/t15-/m1/s1. The van der Waals surface area contributed by atoms with Crippen LogP contribution >= 0.6 is 0 Å². The number of nitrogens with zero attached hydrogens (tertiary/aromatic N) is 2. The van der Waals surface area contributed by atoms with E-state index in [4.69, 9.17) is 0 Å². The number of amides is 1. The highest BCUT2D eigenvalue weighted by Crippen LogP contribution is 2.18. The fraction of sp³-hybridized carbons (Fsp3) is 0.412. The maximum Gasteiger partial charge on any atom is 0.270 e. The van der Waals surface area contributed by atoms with Gasteiger partial charge in [-0.15, -0.1) is 0 Å². The van der Waals surface area contributed by atoms with Crippen LogP contribution in [-0.2, 0) is 6.54 Å². The second-order valence-corrected chi connectivity index (χ2v) is 5.28. The molecular formula is C17H23N3O. The number of aromatic nitrogens is 2. The second kappa shape index (κ2) is 7.07. The molecule has 4 heteroatoms. The highest BCUT2D eigenvalue weighted by Gasteiger charge is 2.17. The third-order valence-corrected chi connectivity index (χ3v) is 3.58. The summed E-state index contributed by atoms with van der Waals surface area (Å²) in [6.45, 7) is 6.97. The van der Waals surface area contributed by atoms with E-state index in [1.807, 2.05) is 0 Å². The number of aryl methyl sites for hydroxylation is 2. The quantitative estimate of drug-likeness (QED) is 0.883. The summed E-state index contributed by atoms with van der Waals surface area (Å²) < 4.78 is 1.76. The molecule has 0 bridgehead atoms. The Kier molecular flexibility index (Phi) is 5.14. The topological polar surface area (TPSA) is 46.9 Å². The van der Waals surface area contributed by atoms with E-state index in [9.17, 15) is 4.79 Å². The van der Waals surface area contributed by atoms with Crippen LogP contribution in [0.5, 0.6) is 0 Å². The number of nitrogens with one attached hydrogen (secondary N) is 1. The first kappa shape index (κ1) is 15.3. The van der Waals surface area contributed by atoms with Crippen LogP contribution in [0.25, 0.3) is 0 Å². The minimum absolute atomic E-state index is 0.0306. The molecule has 21 heavy (non-hydrogen) atoms. The number of carbonyl (C=O) groups excluding carboxylic acids is 1. The van der Waals surface area contributed by atoms with Gasteiger partial charge >= 0.3 is 0 Å². The summed E-state index contributed by atoms with van der Waals surface area (Å²) in [5.41, 5.74) is 2.99. The van der Waals surface area contributed by atoms with Gasteiger partial charge in [0, 0.05) is 12.7 Å².